The Balaban J connectivity index is 2.32. The summed E-state index contributed by atoms with van der Waals surface area (Å²) in [4.78, 5) is 1.93. The topological polar surface area (TPSA) is 21.7 Å². The predicted molar refractivity (Wildman–Crippen MR) is 38.6 cm³/mol. The van der Waals surface area contributed by atoms with Crippen LogP contribution in [-0.2, 0) is 9.47 Å². The third kappa shape index (κ3) is 1.94. The van der Waals surface area contributed by atoms with Crippen LogP contribution in [0.3, 0.4) is 0 Å². The van der Waals surface area contributed by atoms with E-state index in [-0.39, 0.29) is 6.41 Å². The summed E-state index contributed by atoms with van der Waals surface area (Å²) in [5.74, 6) is 0. The van der Waals surface area contributed by atoms with Gasteiger partial charge in [-0.15, -0.1) is 0 Å². The number of nitrogens with zero attached hydrogens (tertiary/aromatic N) is 1. The third-order valence-corrected chi connectivity index (χ3v) is 1.56. The molecule has 3 nitrogen and oxygen atoms in total. The van der Waals surface area contributed by atoms with Crippen LogP contribution in [0.4, 0.5) is 0 Å². The van der Waals surface area contributed by atoms with Crippen LogP contribution in [0.5, 0.6) is 0 Å². The highest BCUT2D eigenvalue weighted by Crippen LogP contribution is 2.12. The van der Waals surface area contributed by atoms with Gasteiger partial charge in [-0.05, 0) is 27.4 Å². The van der Waals surface area contributed by atoms with Crippen LogP contribution in [0.2, 0.25) is 0 Å². The lowest BCUT2D eigenvalue weighted by Crippen LogP contribution is -2.40. The van der Waals surface area contributed by atoms with Crippen LogP contribution >= 0.6 is 0 Å². The monoisotopic (exact) mass is 145 g/mol. The standard InChI is InChI=1S/C7H15NO2/c1-6-4-5-9-7(10-6)8(2)3/h6-7H,4-5H2,1-3H3. The van der Waals surface area contributed by atoms with E-state index in [1.807, 2.05) is 19.0 Å². The maximum absolute atomic E-state index is 5.45. The highest BCUT2D eigenvalue weighted by atomic mass is 16.7. The summed E-state index contributed by atoms with van der Waals surface area (Å²) in [7, 11) is 3.89. The first kappa shape index (κ1) is 7.98. The van der Waals surface area contributed by atoms with Gasteiger partial charge in [-0.25, -0.2) is 0 Å². The van der Waals surface area contributed by atoms with Crippen molar-refractivity contribution in [2.75, 3.05) is 20.7 Å². The van der Waals surface area contributed by atoms with Crippen molar-refractivity contribution in [2.24, 2.45) is 0 Å². The van der Waals surface area contributed by atoms with Crippen LogP contribution in [0.1, 0.15) is 13.3 Å². The van der Waals surface area contributed by atoms with Gasteiger partial charge in [-0.3, -0.25) is 4.90 Å². The second-order valence-corrected chi connectivity index (χ2v) is 2.88. The lowest BCUT2D eigenvalue weighted by atomic mass is 10.3. The van der Waals surface area contributed by atoms with Crippen LogP contribution in [-0.4, -0.2) is 38.1 Å². The fourth-order valence-corrected chi connectivity index (χ4v) is 0.912. The average Bonchev–Trinajstić information content (AvgIpc) is 1.88. The SMILES string of the molecule is CC1CCOC(N(C)C)O1. The van der Waals surface area contributed by atoms with Crippen molar-refractivity contribution in [3.63, 3.8) is 0 Å². The molecule has 3 heteroatoms. The molecule has 2 unspecified atom stereocenters. The molecule has 0 aliphatic carbocycles. The molecular weight excluding hydrogens is 130 g/mol. The maximum Gasteiger partial charge on any atom is 0.218 e. The highest BCUT2D eigenvalue weighted by Gasteiger charge is 2.20. The van der Waals surface area contributed by atoms with Gasteiger partial charge in [0.15, 0.2) is 0 Å². The lowest BCUT2D eigenvalue weighted by Gasteiger charge is -2.31. The molecule has 0 aromatic heterocycles. The van der Waals surface area contributed by atoms with Gasteiger partial charge in [0.1, 0.15) is 0 Å². The van der Waals surface area contributed by atoms with Gasteiger partial charge in [0, 0.05) is 0 Å². The lowest BCUT2D eigenvalue weighted by molar-refractivity contribution is -0.263. The Kier molecular flexibility index (Phi) is 2.65. The molecule has 1 aliphatic rings. The van der Waals surface area contributed by atoms with Crippen LogP contribution in [0.15, 0.2) is 0 Å². The molecule has 2 atom stereocenters. The zero-order valence-electron chi connectivity index (χ0n) is 6.83. The minimum absolute atomic E-state index is 0.135. The molecule has 1 rings (SSSR count). The van der Waals surface area contributed by atoms with E-state index >= 15 is 0 Å². The van der Waals surface area contributed by atoms with Crippen molar-refractivity contribution in [2.45, 2.75) is 25.9 Å². The van der Waals surface area contributed by atoms with E-state index in [0.29, 0.717) is 6.10 Å². The molecule has 0 saturated carbocycles. The van der Waals surface area contributed by atoms with E-state index < -0.39 is 0 Å². The number of rotatable bonds is 1. The Morgan fingerprint density at radius 3 is 2.50 bits per heavy atom. The van der Waals surface area contributed by atoms with Gasteiger partial charge in [-0.2, -0.15) is 0 Å². The molecule has 1 heterocycles. The van der Waals surface area contributed by atoms with Crippen LogP contribution in [0.25, 0.3) is 0 Å². The number of ether oxygens (including phenoxy) is 2. The van der Waals surface area contributed by atoms with E-state index in [9.17, 15) is 0 Å². The molecule has 1 aliphatic heterocycles. The van der Waals surface area contributed by atoms with E-state index in [0.717, 1.165) is 13.0 Å². The Bertz CT molecular complexity index is 106. The van der Waals surface area contributed by atoms with E-state index in [4.69, 9.17) is 9.47 Å². The first-order valence-corrected chi connectivity index (χ1v) is 3.63. The summed E-state index contributed by atoms with van der Waals surface area (Å²) >= 11 is 0. The van der Waals surface area contributed by atoms with Crippen molar-refractivity contribution in [1.82, 2.24) is 4.90 Å². The first-order chi connectivity index (χ1) is 4.70. The van der Waals surface area contributed by atoms with Crippen molar-refractivity contribution < 1.29 is 9.47 Å². The molecule has 0 spiro atoms. The van der Waals surface area contributed by atoms with E-state index in [1.54, 1.807) is 0 Å². The molecular formula is C7H15NO2. The molecule has 1 fully saturated rings. The van der Waals surface area contributed by atoms with Gasteiger partial charge in [0.2, 0.25) is 6.41 Å². The fourth-order valence-electron chi connectivity index (χ4n) is 0.912. The van der Waals surface area contributed by atoms with Gasteiger partial charge < -0.3 is 9.47 Å². The van der Waals surface area contributed by atoms with Gasteiger partial charge >= 0.3 is 0 Å². The molecule has 0 N–H and O–H groups in total. The zero-order chi connectivity index (χ0) is 7.56. The van der Waals surface area contributed by atoms with Crippen molar-refractivity contribution >= 4 is 0 Å². The van der Waals surface area contributed by atoms with Gasteiger partial charge in [-0.1, -0.05) is 0 Å². The van der Waals surface area contributed by atoms with Gasteiger partial charge in [0.25, 0.3) is 0 Å². The Morgan fingerprint density at radius 2 is 2.10 bits per heavy atom. The Morgan fingerprint density at radius 1 is 1.40 bits per heavy atom. The molecule has 0 aromatic carbocycles. The molecule has 0 bridgehead atoms. The van der Waals surface area contributed by atoms with Crippen molar-refractivity contribution in [1.29, 1.82) is 0 Å². The smallest absolute Gasteiger partial charge is 0.218 e. The number of hydrogen-bond acceptors (Lipinski definition) is 3. The summed E-state index contributed by atoms with van der Waals surface area (Å²) < 4.78 is 10.8. The quantitative estimate of drug-likeness (QED) is 0.541. The summed E-state index contributed by atoms with van der Waals surface area (Å²) in [5.41, 5.74) is 0. The maximum atomic E-state index is 5.45. The highest BCUT2D eigenvalue weighted by molar-refractivity contribution is 4.56. The second-order valence-electron chi connectivity index (χ2n) is 2.88. The molecule has 10 heavy (non-hydrogen) atoms. The van der Waals surface area contributed by atoms with Crippen LogP contribution in [0, 0.1) is 0 Å². The summed E-state index contributed by atoms with van der Waals surface area (Å²) in [6.07, 6.45) is 1.20. The summed E-state index contributed by atoms with van der Waals surface area (Å²) in [6, 6.07) is 0. The van der Waals surface area contributed by atoms with Crippen LogP contribution < -0.4 is 0 Å². The summed E-state index contributed by atoms with van der Waals surface area (Å²) in [5, 5.41) is 0. The van der Waals surface area contributed by atoms with Crippen molar-refractivity contribution in [3.05, 3.63) is 0 Å². The normalized spacial score (nSPS) is 34.8. The summed E-state index contributed by atoms with van der Waals surface area (Å²) in [6.45, 7) is 2.88. The molecule has 0 radical (unpaired) electrons. The zero-order valence-corrected chi connectivity index (χ0v) is 6.83. The predicted octanol–water partition coefficient (Wildman–Crippen LogP) is 0.657. The minimum atomic E-state index is -0.135. The molecule has 0 aromatic rings. The molecule has 1 saturated heterocycles. The fraction of sp³-hybridized carbons (Fsp3) is 1.00. The molecule has 0 amide bonds. The number of hydrogen-bond donors (Lipinski definition) is 0. The largest absolute Gasteiger partial charge is 0.340 e. The molecule has 60 valence electrons. The van der Waals surface area contributed by atoms with E-state index in [2.05, 4.69) is 6.92 Å². The minimum Gasteiger partial charge on any atom is -0.340 e. The second kappa shape index (κ2) is 3.32. The van der Waals surface area contributed by atoms with Gasteiger partial charge in [0.05, 0.1) is 12.7 Å². The Labute approximate surface area is 61.9 Å². The average molecular weight is 145 g/mol. The first-order valence-electron chi connectivity index (χ1n) is 3.63. The van der Waals surface area contributed by atoms with E-state index in [1.165, 1.54) is 0 Å². The Hall–Kier alpha value is -0.120. The third-order valence-electron chi connectivity index (χ3n) is 1.56. The van der Waals surface area contributed by atoms with Crippen molar-refractivity contribution in [3.8, 4) is 0 Å².